The van der Waals surface area contributed by atoms with Gasteiger partial charge in [0.2, 0.25) is 11.7 Å². The number of hydrogen-bond donors (Lipinski definition) is 3. The van der Waals surface area contributed by atoms with E-state index in [1.54, 1.807) is 18.5 Å². The summed E-state index contributed by atoms with van der Waals surface area (Å²) < 4.78 is 18.0. The van der Waals surface area contributed by atoms with Gasteiger partial charge >= 0.3 is 0 Å². The molecule has 0 amide bonds. The summed E-state index contributed by atoms with van der Waals surface area (Å²) in [4.78, 5) is 13.0. The molecule has 27 heavy (non-hydrogen) atoms. The van der Waals surface area contributed by atoms with Gasteiger partial charge in [-0.25, -0.2) is 4.98 Å². The van der Waals surface area contributed by atoms with Crippen molar-refractivity contribution in [3.63, 3.8) is 0 Å². The fourth-order valence-corrected chi connectivity index (χ4v) is 3.11. The Hall–Kier alpha value is -3.27. The Morgan fingerprint density at radius 1 is 1.26 bits per heavy atom. The van der Waals surface area contributed by atoms with Gasteiger partial charge in [-0.15, -0.1) is 0 Å². The average molecular weight is 372 g/mol. The maximum absolute atomic E-state index is 10.1. The number of phenolic OH excluding ortho intramolecular Hbond substituents is 1. The molecule has 3 heterocycles. The van der Waals surface area contributed by atoms with Gasteiger partial charge in [0.15, 0.2) is 28.5 Å². The van der Waals surface area contributed by atoms with Crippen molar-refractivity contribution in [2.24, 2.45) is 0 Å². The van der Waals surface area contributed by atoms with Crippen molar-refractivity contribution in [2.45, 2.75) is 19.1 Å². The quantitative estimate of drug-likeness (QED) is 0.577. The Bertz CT molecular complexity index is 958. The molecule has 1 aliphatic heterocycles. The molecule has 0 bridgehead atoms. The number of fused-ring (bicyclic) bond motifs is 1. The van der Waals surface area contributed by atoms with Gasteiger partial charge < -0.3 is 30.4 Å². The number of anilines is 3. The third-order valence-electron chi connectivity index (χ3n) is 4.40. The van der Waals surface area contributed by atoms with E-state index in [1.807, 2.05) is 4.57 Å². The fraction of sp³-hybridized carbons (Fsp3) is 0.353. The molecule has 1 atom stereocenters. The van der Waals surface area contributed by atoms with Crippen LogP contribution in [0.1, 0.15) is 19.1 Å². The highest BCUT2D eigenvalue weighted by molar-refractivity contribution is 5.87. The highest BCUT2D eigenvalue weighted by Gasteiger charge is 2.22. The summed E-state index contributed by atoms with van der Waals surface area (Å²) in [6.07, 6.45) is 3.46. The van der Waals surface area contributed by atoms with Crippen LogP contribution in [0.3, 0.4) is 0 Å². The first kappa shape index (κ1) is 17.2. The summed E-state index contributed by atoms with van der Waals surface area (Å²) in [5, 5.41) is 13.2. The van der Waals surface area contributed by atoms with Crippen molar-refractivity contribution < 1.29 is 19.3 Å². The van der Waals surface area contributed by atoms with Crippen molar-refractivity contribution in [1.82, 2.24) is 19.5 Å². The first-order valence-electron chi connectivity index (χ1n) is 8.44. The van der Waals surface area contributed by atoms with E-state index in [9.17, 15) is 5.11 Å². The highest BCUT2D eigenvalue weighted by atomic mass is 16.5. The number of phenols is 1. The maximum atomic E-state index is 10.1. The number of ether oxygens (including phenoxy) is 3. The van der Waals surface area contributed by atoms with Crippen LogP contribution in [0, 0.1) is 0 Å². The fourth-order valence-electron chi connectivity index (χ4n) is 3.11. The number of methoxy groups -OCH3 is 2. The molecule has 142 valence electrons. The van der Waals surface area contributed by atoms with Gasteiger partial charge in [-0.05, 0) is 12.8 Å². The molecule has 0 spiro atoms. The summed E-state index contributed by atoms with van der Waals surface area (Å²) in [6, 6.07) is 3.25. The molecule has 4 rings (SSSR count). The zero-order valence-electron chi connectivity index (χ0n) is 15.0. The number of imidazole rings is 1. The number of hydrogen-bond acceptors (Lipinski definition) is 9. The Morgan fingerprint density at radius 2 is 2.00 bits per heavy atom. The lowest BCUT2D eigenvalue weighted by Crippen LogP contribution is -2.08. The van der Waals surface area contributed by atoms with Gasteiger partial charge in [0.05, 0.1) is 20.5 Å². The van der Waals surface area contributed by atoms with Gasteiger partial charge in [-0.3, -0.25) is 4.57 Å². The third-order valence-corrected chi connectivity index (χ3v) is 4.40. The Balaban J connectivity index is 1.76. The molecule has 2 aromatic heterocycles. The lowest BCUT2D eigenvalue weighted by Gasteiger charge is -2.14. The van der Waals surface area contributed by atoms with Crippen LogP contribution in [-0.4, -0.2) is 45.5 Å². The molecule has 1 unspecified atom stereocenters. The first-order valence-corrected chi connectivity index (χ1v) is 8.44. The molecule has 1 fully saturated rings. The molecule has 4 N–H and O–H groups in total. The van der Waals surface area contributed by atoms with Crippen LogP contribution in [0.25, 0.3) is 11.2 Å². The molecular weight excluding hydrogens is 352 g/mol. The monoisotopic (exact) mass is 372 g/mol. The average Bonchev–Trinajstić information content (AvgIpc) is 3.32. The lowest BCUT2D eigenvalue weighted by molar-refractivity contribution is 0.0593. The summed E-state index contributed by atoms with van der Waals surface area (Å²) in [5.41, 5.74) is 7.65. The van der Waals surface area contributed by atoms with Crippen molar-refractivity contribution >= 4 is 28.6 Å². The predicted molar refractivity (Wildman–Crippen MR) is 98.5 cm³/mol. The SMILES string of the molecule is COc1cc(Nc2nc(N)nc3c2ncn3C2CCCO2)cc(OC)c1O. The van der Waals surface area contributed by atoms with Crippen molar-refractivity contribution in [2.75, 3.05) is 31.9 Å². The lowest BCUT2D eigenvalue weighted by atomic mass is 10.2. The largest absolute Gasteiger partial charge is 0.502 e. The maximum Gasteiger partial charge on any atom is 0.224 e. The van der Waals surface area contributed by atoms with Crippen molar-refractivity contribution in [3.05, 3.63) is 18.5 Å². The molecule has 1 aliphatic rings. The molecule has 0 radical (unpaired) electrons. The topological polar surface area (TPSA) is 130 Å². The predicted octanol–water partition coefficient (Wildman–Crippen LogP) is 2.18. The zero-order chi connectivity index (χ0) is 19.0. The molecule has 10 heteroatoms. The van der Waals surface area contributed by atoms with Gasteiger partial charge in [0.1, 0.15) is 6.23 Å². The number of nitrogens with one attached hydrogen (secondary N) is 1. The van der Waals surface area contributed by atoms with Crippen LogP contribution < -0.4 is 20.5 Å². The van der Waals surface area contributed by atoms with E-state index >= 15 is 0 Å². The van der Waals surface area contributed by atoms with Crippen LogP contribution in [0.5, 0.6) is 17.2 Å². The number of aromatic nitrogens is 4. The smallest absolute Gasteiger partial charge is 0.224 e. The van der Waals surface area contributed by atoms with Gasteiger partial charge in [0, 0.05) is 24.4 Å². The van der Waals surface area contributed by atoms with Gasteiger partial charge in [-0.2, -0.15) is 9.97 Å². The standard InChI is InChI=1S/C17H20N6O4/c1-25-10-6-9(7-11(26-2)14(10)24)20-15-13-16(22-17(18)21-15)23(8-19-13)12-4-3-5-27-12/h6-8,12,24H,3-5H2,1-2H3,(H3,18,20,21,22). The van der Waals surface area contributed by atoms with Crippen LogP contribution in [0.15, 0.2) is 18.5 Å². The normalized spacial score (nSPS) is 16.6. The van der Waals surface area contributed by atoms with E-state index in [0.29, 0.717) is 29.3 Å². The number of rotatable bonds is 5. The Morgan fingerprint density at radius 3 is 2.63 bits per heavy atom. The van der Waals surface area contributed by atoms with Crippen LogP contribution >= 0.6 is 0 Å². The Labute approximate surface area is 154 Å². The molecule has 10 nitrogen and oxygen atoms in total. The van der Waals surface area contributed by atoms with Crippen LogP contribution in [-0.2, 0) is 4.74 Å². The molecule has 1 saturated heterocycles. The second-order valence-corrected chi connectivity index (χ2v) is 6.08. The van der Waals surface area contributed by atoms with E-state index in [0.717, 1.165) is 12.8 Å². The number of nitrogens with two attached hydrogens (primary N) is 1. The van der Waals surface area contributed by atoms with E-state index in [-0.39, 0.29) is 29.4 Å². The number of nitrogen functional groups attached to an aromatic ring is 1. The molecule has 0 aliphatic carbocycles. The molecule has 3 aromatic rings. The van der Waals surface area contributed by atoms with Crippen molar-refractivity contribution in [3.8, 4) is 17.2 Å². The first-order chi connectivity index (χ1) is 13.1. The van der Waals surface area contributed by atoms with Crippen LogP contribution in [0.2, 0.25) is 0 Å². The number of aromatic hydroxyl groups is 1. The van der Waals surface area contributed by atoms with Crippen molar-refractivity contribution in [1.29, 1.82) is 0 Å². The van der Waals surface area contributed by atoms with E-state index in [1.165, 1.54) is 14.2 Å². The van der Waals surface area contributed by atoms with E-state index in [4.69, 9.17) is 19.9 Å². The minimum absolute atomic E-state index is 0.0828. The second kappa shape index (κ2) is 6.80. The molecule has 0 saturated carbocycles. The van der Waals surface area contributed by atoms with E-state index < -0.39 is 0 Å². The Kier molecular flexibility index (Phi) is 4.32. The second-order valence-electron chi connectivity index (χ2n) is 6.08. The summed E-state index contributed by atoms with van der Waals surface area (Å²) in [7, 11) is 2.92. The van der Waals surface area contributed by atoms with Gasteiger partial charge in [-0.1, -0.05) is 0 Å². The minimum atomic E-state index is -0.106. The highest BCUT2D eigenvalue weighted by Crippen LogP contribution is 2.40. The number of benzene rings is 1. The third kappa shape index (κ3) is 3.04. The zero-order valence-corrected chi connectivity index (χ0v) is 15.0. The number of nitrogens with zero attached hydrogens (tertiary/aromatic N) is 4. The summed E-state index contributed by atoms with van der Waals surface area (Å²) in [5.74, 6) is 0.993. The van der Waals surface area contributed by atoms with Crippen LogP contribution in [0.4, 0.5) is 17.5 Å². The van der Waals surface area contributed by atoms with E-state index in [2.05, 4.69) is 20.3 Å². The summed E-state index contributed by atoms with van der Waals surface area (Å²) in [6.45, 7) is 0.711. The minimum Gasteiger partial charge on any atom is -0.502 e. The van der Waals surface area contributed by atoms with Gasteiger partial charge in [0.25, 0.3) is 0 Å². The molecule has 1 aromatic carbocycles. The molecular formula is C17H20N6O4. The summed E-state index contributed by atoms with van der Waals surface area (Å²) >= 11 is 0.